The standard InChI is InChI=1S/C27H40N4O3/c32-23-7-3-21(4-8-23)19-26(33)29-22-5-1-20(2-6-22)10-13-30-14-16-31(17-15-30)25-9-12-28-27-24(25)11-18-34-27/h9,11-12,18,20-23,32H,1-8,10,13-17,19H2,(H,29,33). The highest BCUT2D eigenvalue weighted by molar-refractivity contribution is 5.88. The van der Waals surface area contributed by atoms with Crippen molar-refractivity contribution in [2.75, 3.05) is 37.6 Å². The zero-order valence-corrected chi connectivity index (χ0v) is 20.3. The molecule has 0 spiro atoms. The van der Waals surface area contributed by atoms with Crippen molar-refractivity contribution in [1.82, 2.24) is 15.2 Å². The molecule has 2 N–H and O–H groups in total. The molecular formula is C27H40N4O3. The Morgan fingerprint density at radius 1 is 1.00 bits per heavy atom. The zero-order chi connectivity index (χ0) is 23.3. The van der Waals surface area contributed by atoms with E-state index >= 15 is 0 Å². The molecule has 3 heterocycles. The third kappa shape index (κ3) is 5.92. The Bertz CT molecular complexity index is 923. The lowest BCUT2D eigenvalue weighted by Gasteiger charge is -2.37. The van der Waals surface area contributed by atoms with Crippen LogP contribution in [0.15, 0.2) is 29.0 Å². The Labute approximate surface area is 202 Å². The third-order valence-corrected chi connectivity index (χ3v) is 8.41. The molecule has 7 nitrogen and oxygen atoms in total. The number of carbonyl (C=O) groups excluding carboxylic acids is 1. The predicted octanol–water partition coefficient (Wildman–Crippen LogP) is 3.96. The maximum atomic E-state index is 12.5. The van der Waals surface area contributed by atoms with E-state index in [4.69, 9.17) is 4.42 Å². The van der Waals surface area contributed by atoms with Crippen LogP contribution in [0.5, 0.6) is 0 Å². The number of hydrogen-bond donors (Lipinski definition) is 2. The third-order valence-electron chi connectivity index (χ3n) is 8.41. The number of hydrogen-bond acceptors (Lipinski definition) is 6. The SMILES string of the molecule is O=C(CC1CCC(O)CC1)NC1CCC(CCN2CCN(c3ccnc4occc34)CC2)CC1. The monoisotopic (exact) mass is 468 g/mol. The Hall–Kier alpha value is -2.12. The number of aliphatic hydroxyl groups is 1. The Balaban J connectivity index is 0.980. The molecule has 2 aliphatic carbocycles. The number of aromatic nitrogens is 1. The molecule has 7 heteroatoms. The number of piperazine rings is 1. The molecule has 0 aromatic carbocycles. The van der Waals surface area contributed by atoms with E-state index in [-0.39, 0.29) is 12.0 Å². The first-order chi connectivity index (χ1) is 16.6. The van der Waals surface area contributed by atoms with Gasteiger partial charge in [-0.25, -0.2) is 4.98 Å². The number of fused-ring (bicyclic) bond motifs is 1. The highest BCUT2D eigenvalue weighted by atomic mass is 16.3. The first-order valence-electron chi connectivity index (χ1n) is 13.4. The van der Waals surface area contributed by atoms with Crippen LogP contribution in [-0.4, -0.2) is 65.8 Å². The second-order valence-corrected chi connectivity index (χ2v) is 10.8. The number of rotatable bonds is 7. The Kier molecular flexibility index (Phi) is 7.70. The van der Waals surface area contributed by atoms with E-state index in [0.29, 0.717) is 18.4 Å². The summed E-state index contributed by atoms with van der Waals surface area (Å²) in [5.74, 6) is 1.48. The van der Waals surface area contributed by atoms with Gasteiger partial charge in [0, 0.05) is 44.8 Å². The fraction of sp³-hybridized carbons (Fsp3) is 0.704. The fourth-order valence-electron chi connectivity index (χ4n) is 6.21. The van der Waals surface area contributed by atoms with Crippen LogP contribution in [0.2, 0.25) is 0 Å². The summed E-state index contributed by atoms with van der Waals surface area (Å²) in [6.45, 7) is 5.48. The van der Waals surface area contributed by atoms with Crippen molar-refractivity contribution in [3.8, 4) is 0 Å². The number of anilines is 1. The van der Waals surface area contributed by atoms with Gasteiger partial charge in [0.05, 0.1) is 23.4 Å². The number of amides is 1. The van der Waals surface area contributed by atoms with Gasteiger partial charge in [-0.1, -0.05) is 0 Å². The van der Waals surface area contributed by atoms with Gasteiger partial charge in [0.15, 0.2) is 0 Å². The van der Waals surface area contributed by atoms with Crippen LogP contribution in [0.25, 0.3) is 11.1 Å². The van der Waals surface area contributed by atoms with Gasteiger partial charge in [0.25, 0.3) is 0 Å². The molecule has 0 radical (unpaired) electrons. The molecule has 3 fully saturated rings. The van der Waals surface area contributed by atoms with Crippen LogP contribution < -0.4 is 10.2 Å². The topological polar surface area (TPSA) is 81.8 Å². The smallest absolute Gasteiger partial charge is 0.227 e. The molecule has 1 amide bonds. The molecule has 0 bridgehead atoms. The maximum absolute atomic E-state index is 12.5. The second kappa shape index (κ2) is 11.1. The van der Waals surface area contributed by atoms with Crippen molar-refractivity contribution in [2.24, 2.45) is 11.8 Å². The maximum Gasteiger partial charge on any atom is 0.227 e. The van der Waals surface area contributed by atoms with Crippen molar-refractivity contribution >= 4 is 22.7 Å². The minimum atomic E-state index is -0.145. The zero-order valence-electron chi connectivity index (χ0n) is 20.3. The minimum absolute atomic E-state index is 0.145. The van der Waals surface area contributed by atoms with Crippen LogP contribution in [0.4, 0.5) is 5.69 Å². The van der Waals surface area contributed by atoms with E-state index < -0.39 is 0 Å². The van der Waals surface area contributed by atoms with E-state index in [1.807, 2.05) is 12.3 Å². The molecule has 3 aliphatic rings. The summed E-state index contributed by atoms with van der Waals surface area (Å²) in [4.78, 5) is 21.8. The van der Waals surface area contributed by atoms with Crippen molar-refractivity contribution in [1.29, 1.82) is 0 Å². The van der Waals surface area contributed by atoms with Gasteiger partial charge in [-0.15, -0.1) is 0 Å². The molecule has 0 atom stereocenters. The predicted molar refractivity (Wildman–Crippen MR) is 134 cm³/mol. The average Bonchev–Trinajstić information content (AvgIpc) is 3.35. The summed E-state index contributed by atoms with van der Waals surface area (Å²) >= 11 is 0. The van der Waals surface area contributed by atoms with E-state index in [2.05, 4.69) is 26.2 Å². The second-order valence-electron chi connectivity index (χ2n) is 10.8. The van der Waals surface area contributed by atoms with Gasteiger partial charge in [0.1, 0.15) is 0 Å². The van der Waals surface area contributed by atoms with E-state index in [1.165, 1.54) is 31.5 Å². The summed E-state index contributed by atoms with van der Waals surface area (Å²) in [5.41, 5.74) is 1.96. The first-order valence-corrected chi connectivity index (χ1v) is 13.4. The molecular weight excluding hydrogens is 428 g/mol. The van der Waals surface area contributed by atoms with Crippen LogP contribution >= 0.6 is 0 Å². The van der Waals surface area contributed by atoms with Crippen LogP contribution in [0, 0.1) is 11.8 Å². The quantitative estimate of drug-likeness (QED) is 0.640. The number of carbonyl (C=O) groups is 1. The highest BCUT2D eigenvalue weighted by Crippen LogP contribution is 2.30. The average molecular weight is 469 g/mol. The van der Waals surface area contributed by atoms with Crippen LogP contribution in [0.3, 0.4) is 0 Å². The van der Waals surface area contributed by atoms with E-state index in [0.717, 1.165) is 81.7 Å². The number of furan rings is 1. The van der Waals surface area contributed by atoms with E-state index in [1.54, 1.807) is 6.26 Å². The molecule has 5 rings (SSSR count). The van der Waals surface area contributed by atoms with Gasteiger partial charge in [0.2, 0.25) is 11.6 Å². The number of nitrogens with one attached hydrogen (secondary N) is 1. The van der Waals surface area contributed by atoms with Gasteiger partial charge in [-0.2, -0.15) is 0 Å². The van der Waals surface area contributed by atoms with Crippen LogP contribution in [-0.2, 0) is 4.79 Å². The van der Waals surface area contributed by atoms with Gasteiger partial charge in [-0.3, -0.25) is 9.69 Å². The van der Waals surface area contributed by atoms with Gasteiger partial charge < -0.3 is 19.7 Å². The lowest BCUT2D eigenvalue weighted by atomic mass is 9.83. The molecule has 0 unspecified atom stereocenters. The minimum Gasteiger partial charge on any atom is -0.446 e. The summed E-state index contributed by atoms with van der Waals surface area (Å²) in [6, 6.07) is 4.48. The number of aliphatic hydroxyl groups excluding tert-OH is 1. The summed E-state index contributed by atoms with van der Waals surface area (Å²) in [5, 5.41) is 14.1. The van der Waals surface area contributed by atoms with Crippen molar-refractivity contribution in [2.45, 2.75) is 76.4 Å². The molecule has 186 valence electrons. The molecule has 2 aromatic rings. The summed E-state index contributed by atoms with van der Waals surface area (Å²) < 4.78 is 5.46. The van der Waals surface area contributed by atoms with Crippen molar-refractivity contribution in [3.05, 3.63) is 24.6 Å². The van der Waals surface area contributed by atoms with Crippen LogP contribution in [0.1, 0.15) is 64.2 Å². The first kappa shape index (κ1) is 23.6. The normalized spacial score (nSPS) is 28.8. The summed E-state index contributed by atoms with van der Waals surface area (Å²) in [6.07, 6.45) is 13.7. The van der Waals surface area contributed by atoms with Crippen molar-refractivity contribution < 1.29 is 14.3 Å². The van der Waals surface area contributed by atoms with Gasteiger partial charge in [-0.05, 0) is 88.3 Å². The largest absolute Gasteiger partial charge is 0.446 e. The van der Waals surface area contributed by atoms with Gasteiger partial charge >= 0.3 is 0 Å². The molecule has 2 aromatic heterocycles. The summed E-state index contributed by atoms with van der Waals surface area (Å²) in [7, 11) is 0. The molecule has 1 aliphatic heterocycles. The Morgan fingerprint density at radius 2 is 1.74 bits per heavy atom. The number of pyridine rings is 1. The number of nitrogens with zero attached hydrogens (tertiary/aromatic N) is 3. The lowest BCUT2D eigenvalue weighted by Crippen LogP contribution is -2.47. The molecule has 1 saturated heterocycles. The van der Waals surface area contributed by atoms with E-state index in [9.17, 15) is 9.90 Å². The lowest BCUT2D eigenvalue weighted by molar-refractivity contribution is -0.123. The molecule has 34 heavy (non-hydrogen) atoms. The molecule has 2 saturated carbocycles. The Morgan fingerprint density at radius 3 is 2.50 bits per heavy atom. The fourth-order valence-corrected chi connectivity index (χ4v) is 6.21. The highest BCUT2D eigenvalue weighted by Gasteiger charge is 2.26. The van der Waals surface area contributed by atoms with Crippen molar-refractivity contribution in [3.63, 3.8) is 0 Å².